The Hall–Kier alpha value is -1.75. The molecule has 0 unspecified atom stereocenters. The maximum Gasteiger partial charge on any atom is 0.223 e. The van der Waals surface area contributed by atoms with Crippen LogP contribution in [-0.4, -0.2) is 23.6 Å². The number of carbonyl (C=O) groups excluding carboxylic acids is 1. The Morgan fingerprint density at radius 3 is 2.57 bits per heavy atom. The average Bonchev–Trinajstić information content (AvgIpc) is 2.86. The molecule has 5 heteroatoms. The number of rotatable bonds is 6. The quantitative estimate of drug-likeness (QED) is 0.760. The molecule has 2 rings (SSSR count). The summed E-state index contributed by atoms with van der Waals surface area (Å²) in [4.78, 5) is 14.6. The third-order valence-corrected chi connectivity index (χ3v) is 4.03. The summed E-state index contributed by atoms with van der Waals surface area (Å²) in [6.45, 7) is 2.36. The van der Waals surface area contributed by atoms with Crippen LogP contribution in [0.3, 0.4) is 0 Å². The van der Waals surface area contributed by atoms with E-state index >= 15 is 0 Å². The molecule has 0 aliphatic heterocycles. The lowest BCUT2D eigenvalue weighted by Gasteiger charge is -2.15. The minimum atomic E-state index is -0.246. The molecule has 0 spiro atoms. The summed E-state index contributed by atoms with van der Waals surface area (Å²) in [6, 6.07) is 10.1. The lowest BCUT2D eigenvalue weighted by atomic mass is 10.3. The van der Waals surface area contributed by atoms with E-state index in [-0.39, 0.29) is 11.7 Å². The molecule has 0 fully saturated rings. The first-order valence-corrected chi connectivity index (χ1v) is 7.71. The van der Waals surface area contributed by atoms with Gasteiger partial charge in [-0.15, -0.1) is 11.8 Å². The van der Waals surface area contributed by atoms with Gasteiger partial charge in [0.05, 0.1) is 6.54 Å². The van der Waals surface area contributed by atoms with Gasteiger partial charge in [0.1, 0.15) is 17.3 Å². The number of benzene rings is 1. The molecule has 1 aromatic heterocycles. The van der Waals surface area contributed by atoms with Gasteiger partial charge in [0.15, 0.2) is 0 Å². The van der Waals surface area contributed by atoms with Gasteiger partial charge in [-0.2, -0.15) is 0 Å². The van der Waals surface area contributed by atoms with Gasteiger partial charge < -0.3 is 9.32 Å². The van der Waals surface area contributed by atoms with E-state index in [0.717, 1.165) is 16.4 Å². The van der Waals surface area contributed by atoms with E-state index in [2.05, 4.69) is 0 Å². The fourth-order valence-electron chi connectivity index (χ4n) is 1.87. The lowest BCUT2D eigenvalue weighted by Crippen LogP contribution is -2.26. The van der Waals surface area contributed by atoms with Crippen LogP contribution in [0.1, 0.15) is 17.9 Å². The van der Waals surface area contributed by atoms with Crippen LogP contribution in [-0.2, 0) is 11.3 Å². The molecule has 1 heterocycles. The molecule has 3 nitrogen and oxygen atoms in total. The normalized spacial score (nSPS) is 10.6. The molecular weight excluding hydrogens is 289 g/mol. The van der Waals surface area contributed by atoms with Crippen molar-refractivity contribution in [1.82, 2.24) is 4.90 Å². The van der Waals surface area contributed by atoms with Gasteiger partial charge in [0, 0.05) is 24.1 Å². The Balaban J connectivity index is 1.74. The molecule has 1 amide bonds. The van der Waals surface area contributed by atoms with Crippen molar-refractivity contribution in [1.29, 1.82) is 0 Å². The van der Waals surface area contributed by atoms with Crippen LogP contribution in [0.4, 0.5) is 4.39 Å². The third kappa shape index (κ3) is 4.93. The fourth-order valence-corrected chi connectivity index (χ4v) is 2.71. The van der Waals surface area contributed by atoms with Crippen molar-refractivity contribution < 1.29 is 13.6 Å². The number of amides is 1. The van der Waals surface area contributed by atoms with E-state index in [9.17, 15) is 9.18 Å². The summed E-state index contributed by atoms with van der Waals surface area (Å²) >= 11 is 1.55. The monoisotopic (exact) mass is 307 g/mol. The van der Waals surface area contributed by atoms with Crippen molar-refractivity contribution in [3.63, 3.8) is 0 Å². The standard InChI is InChI=1S/C16H18FNO2S/c1-12-3-6-14(20-12)11-18(2)16(19)9-10-21-15-7-4-13(17)5-8-15/h3-8H,9-11H2,1-2H3. The highest BCUT2D eigenvalue weighted by atomic mass is 32.2. The number of furan rings is 1. The van der Waals surface area contributed by atoms with Gasteiger partial charge in [-0.1, -0.05) is 0 Å². The van der Waals surface area contributed by atoms with E-state index in [1.165, 1.54) is 12.1 Å². The zero-order valence-electron chi connectivity index (χ0n) is 12.1. The van der Waals surface area contributed by atoms with Gasteiger partial charge in [0.25, 0.3) is 0 Å². The second-order valence-electron chi connectivity index (χ2n) is 4.81. The van der Waals surface area contributed by atoms with Crippen molar-refractivity contribution in [2.24, 2.45) is 0 Å². The van der Waals surface area contributed by atoms with Crippen LogP contribution in [0.5, 0.6) is 0 Å². The zero-order valence-corrected chi connectivity index (χ0v) is 13.0. The molecule has 0 bridgehead atoms. The molecule has 1 aromatic carbocycles. The van der Waals surface area contributed by atoms with Crippen LogP contribution in [0, 0.1) is 12.7 Å². The van der Waals surface area contributed by atoms with Crippen LogP contribution in [0.25, 0.3) is 0 Å². The van der Waals surface area contributed by atoms with E-state index in [4.69, 9.17) is 4.42 Å². The summed E-state index contributed by atoms with van der Waals surface area (Å²) in [7, 11) is 1.77. The smallest absolute Gasteiger partial charge is 0.223 e. The van der Waals surface area contributed by atoms with E-state index in [0.29, 0.717) is 18.7 Å². The highest BCUT2D eigenvalue weighted by Gasteiger charge is 2.11. The fraction of sp³-hybridized carbons (Fsp3) is 0.312. The number of hydrogen-bond acceptors (Lipinski definition) is 3. The SMILES string of the molecule is Cc1ccc(CN(C)C(=O)CCSc2ccc(F)cc2)o1. The highest BCUT2D eigenvalue weighted by molar-refractivity contribution is 7.99. The molecule has 0 saturated heterocycles. The number of aryl methyl sites for hydroxylation is 1. The second-order valence-corrected chi connectivity index (χ2v) is 5.98. The Kier molecular flexibility index (Phi) is 5.44. The molecule has 112 valence electrons. The third-order valence-electron chi connectivity index (χ3n) is 3.01. The molecule has 0 N–H and O–H groups in total. The van der Waals surface area contributed by atoms with Crippen molar-refractivity contribution in [2.45, 2.75) is 24.8 Å². The zero-order chi connectivity index (χ0) is 15.2. The number of halogens is 1. The minimum absolute atomic E-state index is 0.0682. The van der Waals surface area contributed by atoms with Gasteiger partial charge in [-0.25, -0.2) is 4.39 Å². The number of thioether (sulfide) groups is 1. The number of hydrogen-bond donors (Lipinski definition) is 0. The first-order chi connectivity index (χ1) is 10.0. The summed E-state index contributed by atoms with van der Waals surface area (Å²) in [5, 5.41) is 0. The number of carbonyl (C=O) groups is 1. The van der Waals surface area contributed by atoms with Gasteiger partial charge in [0.2, 0.25) is 5.91 Å². The highest BCUT2D eigenvalue weighted by Crippen LogP contribution is 2.19. The van der Waals surface area contributed by atoms with E-state index in [1.807, 2.05) is 19.1 Å². The van der Waals surface area contributed by atoms with Gasteiger partial charge >= 0.3 is 0 Å². The van der Waals surface area contributed by atoms with E-state index in [1.54, 1.807) is 35.8 Å². The van der Waals surface area contributed by atoms with Crippen molar-refractivity contribution in [2.75, 3.05) is 12.8 Å². The predicted molar refractivity (Wildman–Crippen MR) is 81.7 cm³/mol. The lowest BCUT2D eigenvalue weighted by molar-refractivity contribution is -0.130. The molecule has 0 atom stereocenters. The average molecular weight is 307 g/mol. The van der Waals surface area contributed by atoms with Crippen LogP contribution >= 0.6 is 11.8 Å². The Morgan fingerprint density at radius 1 is 1.24 bits per heavy atom. The van der Waals surface area contributed by atoms with Crippen LogP contribution in [0.15, 0.2) is 45.7 Å². The van der Waals surface area contributed by atoms with Gasteiger partial charge in [-0.05, 0) is 43.3 Å². The Morgan fingerprint density at radius 2 is 1.95 bits per heavy atom. The first kappa shape index (κ1) is 15.6. The van der Waals surface area contributed by atoms with Crippen molar-refractivity contribution in [3.05, 3.63) is 53.7 Å². The summed E-state index contributed by atoms with van der Waals surface area (Å²) < 4.78 is 18.2. The maximum absolute atomic E-state index is 12.8. The van der Waals surface area contributed by atoms with Crippen molar-refractivity contribution in [3.8, 4) is 0 Å². The Labute approximate surface area is 128 Å². The van der Waals surface area contributed by atoms with Crippen LogP contribution in [0.2, 0.25) is 0 Å². The summed E-state index contributed by atoms with van der Waals surface area (Å²) in [6.07, 6.45) is 0.443. The predicted octanol–water partition coefficient (Wildman–Crippen LogP) is 3.87. The molecule has 0 aliphatic carbocycles. The van der Waals surface area contributed by atoms with Crippen LogP contribution < -0.4 is 0 Å². The largest absolute Gasteiger partial charge is 0.464 e. The second kappa shape index (κ2) is 7.31. The van der Waals surface area contributed by atoms with Gasteiger partial charge in [-0.3, -0.25) is 4.79 Å². The molecule has 0 radical (unpaired) electrons. The topological polar surface area (TPSA) is 33.5 Å². The minimum Gasteiger partial charge on any atom is -0.464 e. The maximum atomic E-state index is 12.8. The first-order valence-electron chi connectivity index (χ1n) is 6.72. The molecular formula is C16H18FNO2S. The molecule has 0 saturated carbocycles. The molecule has 0 aliphatic rings. The van der Waals surface area contributed by atoms with E-state index < -0.39 is 0 Å². The van der Waals surface area contributed by atoms with Crippen molar-refractivity contribution >= 4 is 17.7 Å². The summed E-state index contributed by atoms with van der Waals surface area (Å²) in [5.74, 6) is 2.13. The number of nitrogens with zero attached hydrogens (tertiary/aromatic N) is 1. The Bertz CT molecular complexity index is 595. The molecule has 21 heavy (non-hydrogen) atoms. The molecule has 2 aromatic rings. The summed E-state index contributed by atoms with van der Waals surface area (Å²) in [5.41, 5.74) is 0.